The van der Waals surface area contributed by atoms with Crippen LogP contribution in [0.3, 0.4) is 0 Å². The Morgan fingerprint density at radius 2 is 1.37 bits per heavy atom. The number of rotatable bonds is 4. The van der Waals surface area contributed by atoms with Gasteiger partial charge in [-0.05, 0) is 35.7 Å². The Morgan fingerprint density at radius 1 is 0.733 bits per heavy atom. The molecular formula is C23H21N3O3S. The second-order valence-corrected chi connectivity index (χ2v) is 7.74. The normalized spacial score (nSPS) is 13.7. The first kappa shape index (κ1) is 19.8. The summed E-state index contributed by atoms with van der Waals surface area (Å²) in [6.07, 6.45) is 0. The number of hydrogen-bond acceptors (Lipinski definition) is 4. The first-order valence-electron chi connectivity index (χ1n) is 9.69. The number of para-hydroxylation sites is 1. The van der Waals surface area contributed by atoms with Crippen LogP contribution in [0, 0.1) is 0 Å². The zero-order valence-electron chi connectivity index (χ0n) is 16.3. The van der Waals surface area contributed by atoms with E-state index in [4.69, 9.17) is 0 Å². The van der Waals surface area contributed by atoms with Crippen LogP contribution in [0.1, 0.15) is 31.1 Å². The molecule has 2 heterocycles. The van der Waals surface area contributed by atoms with Crippen LogP contribution in [0.15, 0.2) is 71.4 Å². The first-order valence-corrected chi connectivity index (χ1v) is 10.6. The molecule has 3 aromatic rings. The fourth-order valence-electron chi connectivity index (χ4n) is 3.41. The molecule has 1 aliphatic rings. The number of thiophene rings is 1. The third-order valence-electron chi connectivity index (χ3n) is 5.06. The standard InChI is InChI=1S/C23H21N3O3S/c27-21(18-10-15-30-16-18)24-20-9-5-4-8-19(20)23(29)26-13-11-25(12-14-26)22(28)17-6-2-1-3-7-17/h1-10,15-16H,11-14H2,(H,24,27). The average molecular weight is 420 g/mol. The summed E-state index contributed by atoms with van der Waals surface area (Å²) in [5, 5.41) is 6.44. The maximum absolute atomic E-state index is 13.1. The minimum atomic E-state index is -0.241. The number of benzene rings is 2. The molecule has 0 atom stereocenters. The number of nitrogens with zero attached hydrogens (tertiary/aromatic N) is 2. The Bertz CT molecular complexity index is 1040. The van der Waals surface area contributed by atoms with Crippen molar-refractivity contribution in [2.45, 2.75) is 0 Å². The third kappa shape index (κ3) is 4.26. The number of piperazine rings is 1. The first-order chi connectivity index (χ1) is 14.6. The molecule has 2 aromatic carbocycles. The summed E-state index contributed by atoms with van der Waals surface area (Å²) in [5.41, 5.74) is 2.15. The predicted molar refractivity (Wildman–Crippen MR) is 117 cm³/mol. The summed E-state index contributed by atoms with van der Waals surface area (Å²) in [6, 6.07) is 17.9. The van der Waals surface area contributed by atoms with Crippen LogP contribution < -0.4 is 5.32 Å². The van der Waals surface area contributed by atoms with E-state index in [9.17, 15) is 14.4 Å². The second kappa shape index (κ2) is 8.92. The van der Waals surface area contributed by atoms with E-state index in [2.05, 4.69) is 5.32 Å². The van der Waals surface area contributed by atoms with Gasteiger partial charge in [0.25, 0.3) is 17.7 Å². The molecule has 0 radical (unpaired) electrons. The Kier molecular flexibility index (Phi) is 5.90. The van der Waals surface area contributed by atoms with Crippen molar-refractivity contribution >= 4 is 34.7 Å². The number of carbonyl (C=O) groups is 3. The van der Waals surface area contributed by atoms with Crippen molar-refractivity contribution in [2.75, 3.05) is 31.5 Å². The molecule has 0 saturated carbocycles. The quantitative estimate of drug-likeness (QED) is 0.703. The maximum atomic E-state index is 13.1. The predicted octanol–water partition coefficient (Wildman–Crippen LogP) is 3.60. The largest absolute Gasteiger partial charge is 0.335 e. The van der Waals surface area contributed by atoms with Crippen molar-refractivity contribution in [1.82, 2.24) is 9.80 Å². The summed E-state index contributed by atoms with van der Waals surface area (Å²) in [7, 11) is 0. The van der Waals surface area contributed by atoms with Gasteiger partial charge < -0.3 is 15.1 Å². The van der Waals surface area contributed by atoms with E-state index < -0.39 is 0 Å². The van der Waals surface area contributed by atoms with Gasteiger partial charge in [-0.15, -0.1) is 0 Å². The van der Waals surface area contributed by atoms with Gasteiger partial charge in [-0.1, -0.05) is 30.3 Å². The van der Waals surface area contributed by atoms with Crippen LogP contribution in [0.25, 0.3) is 0 Å². The van der Waals surface area contributed by atoms with E-state index in [1.807, 2.05) is 23.6 Å². The van der Waals surface area contributed by atoms with E-state index in [-0.39, 0.29) is 17.7 Å². The van der Waals surface area contributed by atoms with Gasteiger partial charge in [0.1, 0.15) is 0 Å². The highest BCUT2D eigenvalue weighted by molar-refractivity contribution is 7.08. The molecule has 0 unspecified atom stereocenters. The number of carbonyl (C=O) groups excluding carboxylic acids is 3. The zero-order chi connectivity index (χ0) is 20.9. The molecule has 0 aliphatic carbocycles. The smallest absolute Gasteiger partial charge is 0.256 e. The molecule has 30 heavy (non-hydrogen) atoms. The lowest BCUT2D eigenvalue weighted by Gasteiger charge is -2.35. The highest BCUT2D eigenvalue weighted by atomic mass is 32.1. The van der Waals surface area contributed by atoms with Crippen molar-refractivity contribution in [3.63, 3.8) is 0 Å². The summed E-state index contributed by atoms with van der Waals surface area (Å²) in [6.45, 7) is 1.85. The molecule has 1 fully saturated rings. The van der Waals surface area contributed by atoms with Crippen LogP contribution in [0.5, 0.6) is 0 Å². The fraction of sp³-hybridized carbons (Fsp3) is 0.174. The van der Waals surface area contributed by atoms with E-state index in [1.165, 1.54) is 11.3 Å². The van der Waals surface area contributed by atoms with Crippen molar-refractivity contribution < 1.29 is 14.4 Å². The SMILES string of the molecule is O=C(Nc1ccccc1C(=O)N1CCN(C(=O)c2ccccc2)CC1)c1ccsc1. The van der Waals surface area contributed by atoms with E-state index >= 15 is 0 Å². The van der Waals surface area contributed by atoms with Crippen LogP contribution in [-0.2, 0) is 0 Å². The molecule has 7 heteroatoms. The van der Waals surface area contributed by atoms with E-state index in [1.54, 1.807) is 57.6 Å². The summed E-state index contributed by atoms with van der Waals surface area (Å²) in [4.78, 5) is 41.6. The molecule has 3 amide bonds. The monoisotopic (exact) mass is 419 g/mol. The Balaban J connectivity index is 1.42. The average Bonchev–Trinajstić information content (AvgIpc) is 3.34. The lowest BCUT2D eigenvalue weighted by Crippen LogP contribution is -2.50. The van der Waals surface area contributed by atoms with Gasteiger partial charge in [-0.3, -0.25) is 14.4 Å². The van der Waals surface area contributed by atoms with Crippen LogP contribution in [0.2, 0.25) is 0 Å². The highest BCUT2D eigenvalue weighted by Gasteiger charge is 2.26. The number of anilines is 1. The van der Waals surface area contributed by atoms with Crippen molar-refractivity contribution in [3.8, 4) is 0 Å². The third-order valence-corrected chi connectivity index (χ3v) is 5.75. The van der Waals surface area contributed by atoms with Crippen LogP contribution in [0.4, 0.5) is 5.69 Å². The molecule has 1 saturated heterocycles. The molecule has 152 valence electrons. The van der Waals surface area contributed by atoms with Gasteiger partial charge in [0, 0.05) is 37.1 Å². The molecule has 0 spiro atoms. The lowest BCUT2D eigenvalue weighted by atomic mass is 10.1. The molecule has 0 bridgehead atoms. The van der Waals surface area contributed by atoms with Crippen molar-refractivity contribution in [3.05, 3.63) is 88.1 Å². The number of amides is 3. The van der Waals surface area contributed by atoms with Crippen molar-refractivity contribution in [2.24, 2.45) is 0 Å². The lowest BCUT2D eigenvalue weighted by molar-refractivity contribution is 0.0536. The summed E-state index contributed by atoms with van der Waals surface area (Å²) < 4.78 is 0. The van der Waals surface area contributed by atoms with Gasteiger partial charge in [0.05, 0.1) is 16.8 Å². The summed E-state index contributed by atoms with van der Waals surface area (Å²) >= 11 is 1.44. The summed E-state index contributed by atoms with van der Waals surface area (Å²) in [5.74, 6) is -0.413. The number of hydrogen-bond donors (Lipinski definition) is 1. The second-order valence-electron chi connectivity index (χ2n) is 6.96. The topological polar surface area (TPSA) is 69.7 Å². The van der Waals surface area contributed by atoms with Crippen molar-refractivity contribution in [1.29, 1.82) is 0 Å². The molecule has 1 N–H and O–H groups in total. The molecule has 4 rings (SSSR count). The Labute approximate surface area is 178 Å². The fourth-order valence-corrected chi connectivity index (χ4v) is 4.05. The minimum absolute atomic E-state index is 0.0221. The van der Waals surface area contributed by atoms with Gasteiger partial charge >= 0.3 is 0 Å². The van der Waals surface area contributed by atoms with Gasteiger partial charge in [-0.25, -0.2) is 0 Å². The molecular weight excluding hydrogens is 398 g/mol. The molecule has 6 nitrogen and oxygen atoms in total. The zero-order valence-corrected chi connectivity index (χ0v) is 17.1. The highest BCUT2D eigenvalue weighted by Crippen LogP contribution is 2.20. The number of nitrogens with one attached hydrogen (secondary N) is 1. The van der Waals surface area contributed by atoms with E-state index in [0.717, 1.165) is 0 Å². The van der Waals surface area contributed by atoms with E-state index in [0.29, 0.717) is 48.6 Å². The maximum Gasteiger partial charge on any atom is 0.256 e. The molecule has 1 aromatic heterocycles. The Hall–Kier alpha value is -3.45. The van der Waals surface area contributed by atoms with Crippen LogP contribution in [-0.4, -0.2) is 53.7 Å². The molecule has 1 aliphatic heterocycles. The Morgan fingerprint density at radius 3 is 2.03 bits per heavy atom. The minimum Gasteiger partial charge on any atom is -0.335 e. The van der Waals surface area contributed by atoms with Crippen LogP contribution >= 0.6 is 11.3 Å². The van der Waals surface area contributed by atoms with Gasteiger partial charge in [-0.2, -0.15) is 11.3 Å². The van der Waals surface area contributed by atoms with Gasteiger partial charge in [0.15, 0.2) is 0 Å². The van der Waals surface area contributed by atoms with Gasteiger partial charge in [0.2, 0.25) is 0 Å².